The third kappa shape index (κ3) is 4.31. The molecule has 0 aliphatic carbocycles. The highest BCUT2D eigenvalue weighted by Gasteiger charge is 2.06. The summed E-state index contributed by atoms with van der Waals surface area (Å²) in [4.78, 5) is 16.0. The zero-order valence-corrected chi connectivity index (χ0v) is 12.5. The van der Waals surface area contributed by atoms with Gasteiger partial charge in [-0.15, -0.1) is 0 Å². The lowest BCUT2D eigenvalue weighted by molar-refractivity contribution is 0.0953. The molecular formula is C17H21N3O. The average Bonchev–Trinajstić information content (AvgIpc) is 2.53. The smallest absolute Gasteiger partial charge is 0.252 e. The van der Waals surface area contributed by atoms with E-state index in [1.807, 2.05) is 25.1 Å². The molecule has 2 N–H and O–H groups in total. The first-order chi connectivity index (χ1) is 10.2. The Morgan fingerprint density at radius 2 is 1.86 bits per heavy atom. The lowest BCUT2D eigenvalue weighted by Crippen LogP contribution is -2.24. The Bertz CT molecular complexity index is 593. The number of hydrogen-bond acceptors (Lipinski definition) is 3. The number of anilines is 2. The molecule has 1 aromatic carbocycles. The molecule has 1 heterocycles. The van der Waals surface area contributed by atoms with Crippen molar-refractivity contribution in [2.24, 2.45) is 0 Å². The highest BCUT2D eigenvalue weighted by Crippen LogP contribution is 2.17. The van der Waals surface area contributed by atoms with Gasteiger partial charge in [0.15, 0.2) is 0 Å². The number of carbonyl (C=O) groups excluding carboxylic acids is 1. The Kier molecular flexibility index (Phi) is 5.32. The number of aryl methyl sites for hydroxylation is 1. The van der Waals surface area contributed by atoms with Gasteiger partial charge in [-0.05, 0) is 36.6 Å². The van der Waals surface area contributed by atoms with Gasteiger partial charge < -0.3 is 10.6 Å². The highest BCUT2D eigenvalue weighted by atomic mass is 16.1. The zero-order chi connectivity index (χ0) is 15.1. The van der Waals surface area contributed by atoms with Crippen LogP contribution in [0.4, 0.5) is 11.4 Å². The first kappa shape index (κ1) is 15.0. The quantitative estimate of drug-likeness (QED) is 0.852. The van der Waals surface area contributed by atoms with Gasteiger partial charge in [-0.2, -0.15) is 0 Å². The SMILES string of the molecule is CCCNC(=O)c1cncc(Nc2ccc(CC)cc2)c1. The van der Waals surface area contributed by atoms with Crippen molar-refractivity contribution in [1.82, 2.24) is 10.3 Å². The molecule has 1 aromatic heterocycles. The van der Waals surface area contributed by atoms with E-state index in [4.69, 9.17) is 0 Å². The van der Waals surface area contributed by atoms with E-state index in [0.29, 0.717) is 12.1 Å². The maximum Gasteiger partial charge on any atom is 0.252 e. The average molecular weight is 283 g/mol. The molecule has 0 atom stereocenters. The summed E-state index contributed by atoms with van der Waals surface area (Å²) in [6, 6.07) is 10.1. The second-order valence-corrected chi connectivity index (χ2v) is 4.89. The van der Waals surface area contributed by atoms with Crippen LogP contribution in [-0.4, -0.2) is 17.4 Å². The van der Waals surface area contributed by atoms with E-state index in [-0.39, 0.29) is 5.91 Å². The largest absolute Gasteiger partial charge is 0.354 e. The van der Waals surface area contributed by atoms with E-state index >= 15 is 0 Å². The normalized spacial score (nSPS) is 10.2. The van der Waals surface area contributed by atoms with Gasteiger partial charge in [0, 0.05) is 18.4 Å². The topological polar surface area (TPSA) is 54.0 Å². The number of carbonyl (C=O) groups is 1. The summed E-state index contributed by atoms with van der Waals surface area (Å²) in [5, 5.41) is 6.11. The van der Waals surface area contributed by atoms with Crippen LogP contribution in [0, 0.1) is 0 Å². The number of amides is 1. The van der Waals surface area contributed by atoms with Crippen LogP contribution in [0.1, 0.15) is 36.2 Å². The minimum Gasteiger partial charge on any atom is -0.354 e. The van der Waals surface area contributed by atoms with Gasteiger partial charge >= 0.3 is 0 Å². The molecule has 0 radical (unpaired) electrons. The van der Waals surface area contributed by atoms with E-state index < -0.39 is 0 Å². The van der Waals surface area contributed by atoms with Crippen LogP contribution < -0.4 is 10.6 Å². The molecule has 0 unspecified atom stereocenters. The molecule has 0 aliphatic heterocycles. The summed E-state index contributed by atoms with van der Waals surface area (Å²) < 4.78 is 0. The Balaban J connectivity index is 2.07. The third-order valence-electron chi connectivity index (χ3n) is 3.19. The fraction of sp³-hybridized carbons (Fsp3) is 0.294. The van der Waals surface area contributed by atoms with Gasteiger partial charge in [0.25, 0.3) is 5.91 Å². The van der Waals surface area contributed by atoms with Crippen LogP contribution in [-0.2, 0) is 6.42 Å². The van der Waals surface area contributed by atoms with Crippen molar-refractivity contribution >= 4 is 17.3 Å². The molecule has 0 aliphatic rings. The zero-order valence-electron chi connectivity index (χ0n) is 12.5. The monoisotopic (exact) mass is 283 g/mol. The molecule has 4 heteroatoms. The van der Waals surface area contributed by atoms with Gasteiger partial charge in [-0.1, -0.05) is 26.0 Å². The van der Waals surface area contributed by atoms with Gasteiger partial charge in [-0.25, -0.2) is 0 Å². The molecule has 0 spiro atoms. The van der Waals surface area contributed by atoms with Gasteiger partial charge in [0.05, 0.1) is 17.4 Å². The summed E-state index contributed by atoms with van der Waals surface area (Å²) in [5.74, 6) is -0.0886. The fourth-order valence-electron chi connectivity index (χ4n) is 1.96. The van der Waals surface area contributed by atoms with Crippen LogP contribution in [0.25, 0.3) is 0 Å². The summed E-state index contributed by atoms with van der Waals surface area (Å²) in [6.07, 6.45) is 5.23. The Morgan fingerprint density at radius 1 is 1.10 bits per heavy atom. The maximum absolute atomic E-state index is 11.9. The maximum atomic E-state index is 11.9. The molecular weight excluding hydrogens is 262 g/mol. The number of nitrogens with zero attached hydrogens (tertiary/aromatic N) is 1. The molecule has 0 bridgehead atoms. The van der Waals surface area contributed by atoms with Crippen molar-refractivity contribution in [3.8, 4) is 0 Å². The van der Waals surface area contributed by atoms with E-state index in [9.17, 15) is 4.79 Å². The Hall–Kier alpha value is -2.36. The summed E-state index contributed by atoms with van der Waals surface area (Å²) in [7, 11) is 0. The predicted molar refractivity (Wildman–Crippen MR) is 86.0 cm³/mol. The van der Waals surface area contributed by atoms with E-state index in [1.165, 1.54) is 5.56 Å². The molecule has 2 aromatic rings. The van der Waals surface area contributed by atoms with E-state index in [2.05, 4.69) is 34.7 Å². The minimum atomic E-state index is -0.0886. The number of hydrogen-bond donors (Lipinski definition) is 2. The molecule has 1 amide bonds. The number of pyridine rings is 1. The van der Waals surface area contributed by atoms with Crippen LogP contribution >= 0.6 is 0 Å². The lowest BCUT2D eigenvalue weighted by Gasteiger charge is -2.09. The molecule has 0 saturated carbocycles. The van der Waals surface area contributed by atoms with Crippen molar-refractivity contribution in [1.29, 1.82) is 0 Å². The highest BCUT2D eigenvalue weighted by molar-refractivity contribution is 5.94. The summed E-state index contributed by atoms with van der Waals surface area (Å²) >= 11 is 0. The first-order valence-electron chi connectivity index (χ1n) is 7.32. The van der Waals surface area contributed by atoms with E-state index in [1.54, 1.807) is 12.4 Å². The van der Waals surface area contributed by atoms with Gasteiger partial charge in [0.1, 0.15) is 0 Å². The first-order valence-corrected chi connectivity index (χ1v) is 7.32. The second kappa shape index (κ2) is 7.43. The molecule has 110 valence electrons. The van der Waals surface area contributed by atoms with E-state index in [0.717, 1.165) is 24.2 Å². The fourth-order valence-corrected chi connectivity index (χ4v) is 1.96. The van der Waals surface area contributed by atoms with Crippen molar-refractivity contribution in [3.05, 3.63) is 53.9 Å². The summed E-state index contributed by atoms with van der Waals surface area (Å²) in [6.45, 7) is 4.83. The summed E-state index contributed by atoms with van der Waals surface area (Å²) in [5.41, 5.74) is 3.66. The molecule has 0 saturated heterocycles. The van der Waals surface area contributed by atoms with Crippen molar-refractivity contribution in [2.45, 2.75) is 26.7 Å². The van der Waals surface area contributed by atoms with Crippen LogP contribution in [0.5, 0.6) is 0 Å². The standard InChI is InChI=1S/C17H21N3O/c1-3-9-19-17(21)14-10-16(12-18-11-14)20-15-7-5-13(4-2)6-8-15/h5-8,10-12,20H,3-4,9H2,1-2H3,(H,19,21). The lowest BCUT2D eigenvalue weighted by atomic mass is 10.1. The second-order valence-electron chi connectivity index (χ2n) is 4.89. The Morgan fingerprint density at radius 3 is 2.52 bits per heavy atom. The molecule has 2 rings (SSSR count). The van der Waals surface area contributed by atoms with Crippen molar-refractivity contribution < 1.29 is 4.79 Å². The number of benzene rings is 1. The molecule has 21 heavy (non-hydrogen) atoms. The van der Waals surface area contributed by atoms with Gasteiger partial charge in [0.2, 0.25) is 0 Å². The van der Waals surface area contributed by atoms with Crippen LogP contribution in [0.15, 0.2) is 42.7 Å². The van der Waals surface area contributed by atoms with Crippen LogP contribution in [0.2, 0.25) is 0 Å². The molecule has 4 nitrogen and oxygen atoms in total. The third-order valence-corrected chi connectivity index (χ3v) is 3.19. The predicted octanol–water partition coefficient (Wildman–Crippen LogP) is 3.53. The number of nitrogens with one attached hydrogen (secondary N) is 2. The number of rotatable bonds is 6. The Labute approximate surface area is 125 Å². The number of aromatic nitrogens is 1. The van der Waals surface area contributed by atoms with Crippen molar-refractivity contribution in [3.63, 3.8) is 0 Å². The van der Waals surface area contributed by atoms with Gasteiger partial charge in [-0.3, -0.25) is 9.78 Å². The van der Waals surface area contributed by atoms with Crippen LogP contribution in [0.3, 0.4) is 0 Å². The minimum absolute atomic E-state index is 0.0886. The molecule has 0 fully saturated rings. The van der Waals surface area contributed by atoms with Crippen molar-refractivity contribution in [2.75, 3.05) is 11.9 Å².